The van der Waals surface area contributed by atoms with Gasteiger partial charge in [-0.1, -0.05) is 11.3 Å². The Bertz CT molecular complexity index is 1330. The summed E-state index contributed by atoms with van der Waals surface area (Å²) < 4.78 is 33.1. The normalized spacial score (nSPS) is 11.4. The van der Waals surface area contributed by atoms with Crippen molar-refractivity contribution in [3.05, 3.63) is 71.9 Å². The molecule has 0 unspecified atom stereocenters. The van der Waals surface area contributed by atoms with Gasteiger partial charge in [0.2, 0.25) is 0 Å². The van der Waals surface area contributed by atoms with Crippen LogP contribution in [0, 0.1) is 6.92 Å². The molecule has 4 aromatic rings. The largest absolute Gasteiger partial charge is 0.462 e. The molecule has 2 aromatic carbocycles. The number of aromatic nitrogens is 2. The standard InChI is InChI=1S/C22H19N3O4S2/c1-3-29-22(26)15-6-9-17(10-7-15)31(27,28)25-18-11-8-16(13-14(18)2)20-24-19-5-4-12-23-21(19)30-20/h4-13,25H,3H2,1-2H3. The number of anilines is 1. The Morgan fingerprint density at radius 3 is 2.58 bits per heavy atom. The summed E-state index contributed by atoms with van der Waals surface area (Å²) in [5.74, 6) is -0.490. The summed E-state index contributed by atoms with van der Waals surface area (Å²) in [5.41, 5.74) is 3.25. The van der Waals surface area contributed by atoms with Crippen molar-refractivity contribution >= 4 is 43.4 Å². The van der Waals surface area contributed by atoms with Crippen LogP contribution in [0.4, 0.5) is 5.69 Å². The molecule has 0 amide bonds. The number of nitrogens with one attached hydrogen (secondary N) is 1. The molecule has 1 N–H and O–H groups in total. The highest BCUT2D eigenvalue weighted by Gasteiger charge is 2.17. The van der Waals surface area contributed by atoms with Crippen LogP contribution in [0.3, 0.4) is 0 Å². The first-order valence-electron chi connectivity index (χ1n) is 9.50. The molecule has 0 bridgehead atoms. The van der Waals surface area contributed by atoms with Gasteiger partial charge in [-0.2, -0.15) is 0 Å². The van der Waals surface area contributed by atoms with Crippen molar-refractivity contribution in [2.75, 3.05) is 11.3 Å². The lowest BCUT2D eigenvalue weighted by atomic mass is 10.1. The van der Waals surface area contributed by atoms with E-state index in [4.69, 9.17) is 4.74 Å². The number of esters is 1. The van der Waals surface area contributed by atoms with E-state index in [-0.39, 0.29) is 11.5 Å². The molecule has 158 valence electrons. The lowest BCUT2D eigenvalue weighted by Crippen LogP contribution is -2.14. The van der Waals surface area contributed by atoms with Gasteiger partial charge in [0.25, 0.3) is 10.0 Å². The predicted octanol–water partition coefficient (Wildman–Crippen LogP) is 4.64. The van der Waals surface area contributed by atoms with Crippen LogP contribution in [0.2, 0.25) is 0 Å². The van der Waals surface area contributed by atoms with Crippen LogP contribution in [0.25, 0.3) is 20.9 Å². The zero-order valence-electron chi connectivity index (χ0n) is 16.8. The van der Waals surface area contributed by atoms with E-state index in [0.29, 0.717) is 11.3 Å². The number of carbonyl (C=O) groups is 1. The first kappa shape index (κ1) is 21.0. The lowest BCUT2D eigenvalue weighted by Gasteiger charge is -2.12. The fraction of sp³-hybridized carbons (Fsp3) is 0.136. The monoisotopic (exact) mass is 453 g/mol. The third-order valence-electron chi connectivity index (χ3n) is 4.56. The quantitative estimate of drug-likeness (QED) is 0.427. The average Bonchev–Trinajstić information content (AvgIpc) is 3.20. The number of aryl methyl sites for hydroxylation is 1. The van der Waals surface area contributed by atoms with Gasteiger partial charge >= 0.3 is 5.97 Å². The molecule has 9 heteroatoms. The number of nitrogens with zero attached hydrogens (tertiary/aromatic N) is 2. The zero-order valence-corrected chi connectivity index (χ0v) is 18.5. The van der Waals surface area contributed by atoms with E-state index < -0.39 is 16.0 Å². The van der Waals surface area contributed by atoms with Crippen molar-refractivity contribution in [3.8, 4) is 10.6 Å². The van der Waals surface area contributed by atoms with E-state index in [1.54, 1.807) is 19.2 Å². The Hall–Kier alpha value is -3.30. The van der Waals surface area contributed by atoms with Crippen molar-refractivity contribution in [2.45, 2.75) is 18.7 Å². The number of fused-ring (bicyclic) bond motifs is 1. The maximum Gasteiger partial charge on any atom is 0.338 e. The minimum atomic E-state index is -3.81. The molecular weight excluding hydrogens is 434 g/mol. The SMILES string of the molecule is CCOC(=O)c1ccc(S(=O)(=O)Nc2ccc(-c3nc4cccnc4s3)cc2C)cc1. The first-order valence-corrected chi connectivity index (χ1v) is 11.8. The summed E-state index contributed by atoms with van der Waals surface area (Å²) in [7, 11) is -3.81. The van der Waals surface area contributed by atoms with Crippen molar-refractivity contribution in [3.63, 3.8) is 0 Å². The van der Waals surface area contributed by atoms with Crippen molar-refractivity contribution in [1.29, 1.82) is 0 Å². The summed E-state index contributed by atoms with van der Waals surface area (Å²) in [6.07, 6.45) is 1.73. The van der Waals surface area contributed by atoms with Gasteiger partial charge in [-0.25, -0.2) is 23.2 Å². The van der Waals surface area contributed by atoms with Crippen molar-refractivity contribution in [2.24, 2.45) is 0 Å². The van der Waals surface area contributed by atoms with Gasteiger partial charge < -0.3 is 4.74 Å². The van der Waals surface area contributed by atoms with E-state index in [0.717, 1.165) is 26.5 Å². The third kappa shape index (κ3) is 4.42. The number of pyridine rings is 1. The highest BCUT2D eigenvalue weighted by atomic mass is 32.2. The van der Waals surface area contributed by atoms with Gasteiger partial charge in [-0.05, 0) is 74.0 Å². The molecule has 0 saturated carbocycles. The number of hydrogen-bond donors (Lipinski definition) is 1. The van der Waals surface area contributed by atoms with Crippen molar-refractivity contribution in [1.82, 2.24) is 9.97 Å². The Kier molecular flexibility index (Phi) is 5.71. The maximum absolute atomic E-state index is 12.8. The predicted molar refractivity (Wildman–Crippen MR) is 121 cm³/mol. The number of rotatable bonds is 6. The van der Waals surface area contributed by atoms with Crippen LogP contribution < -0.4 is 4.72 Å². The number of thiazole rings is 1. The number of hydrogen-bond acceptors (Lipinski definition) is 7. The minimum absolute atomic E-state index is 0.0567. The van der Waals surface area contributed by atoms with E-state index in [1.807, 2.05) is 31.2 Å². The van der Waals surface area contributed by atoms with Gasteiger partial charge in [-0.3, -0.25) is 4.72 Å². The Labute approximate surface area is 183 Å². The lowest BCUT2D eigenvalue weighted by molar-refractivity contribution is 0.0526. The van der Waals surface area contributed by atoms with Crippen LogP contribution in [-0.4, -0.2) is 31.0 Å². The van der Waals surface area contributed by atoms with Crippen LogP contribution in [0.1, 0.15) is 22.8 Å². The minimum Gasteiger partial charge on any atom is -0.462 e. The number of carbonyl (C=O) groups excluding carboxylic acids is 1. The Balaban J connectivity index is 1.56. The molecule has 2 heterocycles. The molecular formula is C22H19N3O4S2. The van der Waals surface area contributed by atoms with Gasteiger partial charge in [-0.15, -0.1) is 0 Å². The molecule has 2 aromatic heterocycles. The van der Waals surface area contributed by atoms with Gasteiger partial charge in [0.1, 0.15) is 15.4 Å². The molecule has 0 spiro atoms. The Morgan fingerprint density at radius 1 is 1.13 bits per heavy atom. The fourth-order valence-corrected chi connectivity index (χ4v) is 5.03. The molecule has 0 aliphatic carbocycles. The van der Waals surface area contributed by atoms with Crippen molar-refractivity contribution < 1.29 is 17.9 Å². The van der Waals surface area contributed by atoms with Crippen LogP contribution in [-0.2, 0) is 14.8 Å². The first-order chi connectivity index (χ1) is 14.9. The molecule has 0 aliphatic heterocycles. The molecule has 4 rings (SSSR count). The second-order valence-corrected chi connectivity index (χ2v) is 9.39. The molecule has 31 heavy (non-hydrogen) atoms. The van der Waals surface area contributed by atoms with E-state index >= 15 is 0 Å². The zero-order chi connectivity index (χ0) is 22.0. The summed E-state index contributed by atoms with van der Waals surface area (Å²) in [6.45, 7) is 3.79. The summed E-state index contributed by atoms with van der Waals surface area (Å²) in [5, 5.41) is 0.820. The molecule has 0 fully saturated rings. The third-order valence-corrected chi connectivity index (χ3v) is 6.97. The second-order valence-electron chi connectivity index (χ2n) is 6.73. The smallest absolute Gasteiger partial charge is 0.338 e. The average molecular weight is 454 g/mol. The highest BCUT2D eigenvalue weighted by Crippen LogP contribution is 2.31. The van der Waals surface area contributed by atoms with Crippen LogP contribution in [0.15, 0.2) is 65.7 Å². The molecule has 0 radical (unpaired) electrons. The topological polar surface area (TPSA) is 98.2 Å². The molecule has 0 atom stereocenters. The van der Waals surface area contributed by atoms with E-state index in [9.17, 15) is 13.2 Å². The number of sulfonamides is 1. The second kappa shape index (κ2) is 8.44. The number of ether oxygens (including phenoxy) is 1. The Morgan fingerprint density at radius 2 is 1.90 bits per heavy atom. The molecule has 0 saturated heterocycles. The summed E-state index contributed by atoms with van der Waals surface area (Å²) >= 11 is 1.48. The molecule has 0 aliphatic rings. The van der Waals surface area contributed by atoms with E-state index in [2.05, 4.69) is 14.7 Å². The van der Waals surface area contributed by atoms with Crippen LogP contribution in [0.5, 0.6) is 0 Å². The van der Waals surface area contributed by atoms with Gasteiger partial charge in [0, 0.05) is 11.8 Å². The number of benzene rings is 2. The maximum atomic E-state index is 12.8. The fourth-order valence-electron chi connectivity index (χ4n) is 2.99. The van der Waals surface area contributed by atoms with Gasteiger partial charge in [0.05, 0.1) is 22.8 Å². The summed E-state index contributed by atoms with van der Waals surface area (Å²) in [6, 6.07) is 14.8. The van der Waals surface area contributed by atoms with Crippen LogP contribution >= 0.6 is 11.3 Å². The van der Waals surface area contributed by atoms with E-state index in [1.165, 1.54) is 35.6 Å². The van der Waals surface area contributed by atoms with Gasteiger partial charge in [0.15, 0.2) is 0 Å². The highest BCUT2D eigenvalue weighted by molar-refractivity contribution is 7.92. The summed E-state index contributed by atoms with van der Waals surface area (Å²) in [4.78, 5) is 21.6. The molecule has 7 nitrogen and oxygen atoms in total.